The Morgan fingerprint density at radius 1 is 0.905 bits per heavy atom. The standard InChI is InChI=1S/C19H23NO/c20-18-12-7-13-21-19(18,14-16-8-3-1-4-9-16)15-17-10-5-2-6-11-17/h1-6,8-11,18H,7,12-15,20H2. The number of hydrogen-bond acceptors (Lipinski definition) is 2. The summed E-state index contributed by atoms with van der Waals surface area (Å²) in [6, 6.07) is 21.2. The lowest BCUT2D eigenvalue weighted by molar-refractivity contribution is -0.0909. The van der Waals surface area contributed by atoms with Crippen molar-refractivity contribution >= 4 is 0 Å². The molecule has 2 nitrogen and oxygen atoms in total. The Kier molecular flexibility index (Phi) is 4.37. The summed E-state index contributed by atoms with van der Waals surface area (Å²) in [6.07, 6.45) is 3.86. The fraction of sp³-hybridized carbons (Fsp3) is 0.368. The number of ether oxygens (including phenoxy) is 1. The van der Waals surface area contributed by atoms with Gasteiger partial charge in [0.25, 0.3) is 0 Å². The average molecular weight is 281 g/mol. The Hall–Kier alpha value is -1.64. The number of hydrogen-bond donors (Lipinski definition) is 1. The maximum Gasteiger partial charge on any atom is 0.0912 e. The summed E-state index contributed by atoms with van der Waals surface area (Å²) in [4.78, 5) is 0. The number of benzene rings is 2. The van der Waals surface area contributed by atoms with Gasteiger partial charge in [-0.15, -0.1) is 0 Å². The van der Waals surface area contributed by atoms with Crippen molar-refractivity contribution in [2.24, 2.45) is 5.73 Å². The van der Waals surface area contributed by atoms with Gasteiger partial charge in [-0.05, 0) is 24.0 Å². The van der Waals surface area contributed by atoms with E-state index < -0.39 is 0 Å². The fourth-order valence-electron chi connectivity index (χ4n) is 3.26. The van der Waals surface area contributed by atoms with Crippen LogP contribution in [-0.4, -0.2) is 18.2 Å². The van der Waals surface area contributed by atoms with Gasteiger partial charge in [-0.1, -0.05) is 60.7 Å². The molecule has 0 aromatic heterocycles. The van der Waals surface area contributed by atoms with Gasteiger partial charge in [0, 0.05) is 25.5 Å². The molecule has 0 bridgehead atoms. The molecule has 2 heteroatoms. The summed E-state index contributed by atoms with van der Waals surface area (Å²) in [6.45, 7) is 0.813. The minimum absolute atomic E-state index is 0.0895. The van der Waals surface area contributed by atoms with E-state index in [1.807, 2.05) is 0 Å². The summed E-state index contributed by atoms with van der Waals surface area (Å²) < 4.78 is 6.26. The molecule has 0 radical (unpaired) electrons. The van der Waals surface area contributed by atoms with Crippen molar-refractivity contribution in [3.8, 4) is 0 Å². The molecule has 110 valence electrons. The lowest BCUT2D eigenvalue weighted by atomic mass is 9.79. The topological polar surface area (TPSA) is 35.2 Å². The van der Waals surface area contributed by atoms with Crippen LogP contribution in [0.5, 0.6) is 0 Å². The normalized spacial score (nSPS) is 21.1. The second-order valence-corrected chi connectivity index (χ2v) is 5.99. The quantitative estimate of drug-likeness (QED) is 0.932. The van der Waals surface area contributed by atoms with Crippen LogP contribution in [0, 0.1) is 0 Å². The van der Waals surface area contributed by atoms with Gasteiger partial charge in [-0.2, -0.15) is 0 Å². The van der Waals surface area contributed by atoms with E-state index in [4.69, 9.17) is 10.5 Å². The Bertz CT molecular complexity index is 511. The molecule has 1 aliphatic rings. The van der Waals surface area contributed by atoms with E-state index in [1.54, 1.807) is 0 Å². The zero-order valence-electron chi connectivity index (χ0n) is 12.4. The molecule has 0 saturated carbocycles. The molecular weight excluding hydrogens is 258 g/mol. The molecule has 1 heterocycles. The largest absolute Gasteiger partial charge is 0.373 e. The Morgan fingerprint density at radius 2 is 1.43 bits per heavy atom. The predicted molar refractivity (Wildman–Crippen MR) is 86.2 cm³/mol. The molecule has 2 aromatic rings. The second-order valence-electron chi connectivity index (χ2n) is 5.99. The lowest BCUT2D eigenvalue weighted by Gasteiger charge is -2.43. The SMILES string of the molecule is NC1CCCOC1(Cc1ccccc1)Cc1ccccc1. The van der Waals surface area contributed by atoms with Crippen LogP contribution in [0.4, 0.5) is 0 Å². The molecule has 1 atom stereocenters. The predicted octanol–water partition coefficient (Wildman–Crippen LogP) is 3.35. The van der Waals surface area contributed by atoms with Gasteiger partial charge in [-0.3, -0.25) is 0 Å². The van der Waals surface area contributed by atoms with E-state index in [1.165, 1.54) is 11.1 Å². The highest BCUT2D eigenvalue weighted by Crippen LogP contribution is 2.31. The molecule has 0 aliphatic carbocycles. The van der Waals surface area contributed by atoms with Crippen molar-refractivity contribution in [3.63, 3.8) is 0 Å². The minimum atomic E-state index is -0.277. The van der Waals surface area contributed by atoms with Crippen molar-refractivity contribution in [2.45, 2.75) is 37.3 Å². The first-order chi connectivity index (χ1) is 10.3. The zero-order valence-corrected chi connectivity index (χ0v) is 12.4. The monoisotopic (exact) mass is 281 g/mol. The molecule has 0 amide bonds. The van der Waals surface area contributed by atoms with Crippen molar-refractivity contribution in [3.05, 3.63) is 71.8 Å². The third-order valence-electron chi connectivity index (χ3n) is 4.42. The van der Waals surface area contributed by atoms with E-state index in [-0.39, 0.29) is 11.6 Å². The molecule has 0 spiro atoms. The van der Waals surface area contributed by atoms with Gasteiger partial charge in [-0.25, -0.2) is 0 Å². The van der Waals surface area contributed by atoms with E-state index in [9.17, 15) is 0 Å². The van der Waals surface area contributed by atoms with Gasteiger partial charge in [0.1, 0.15) is 0 Å². The van der Waals surface area contributed by atoms with Crippen molar-refractivity contribution in [1.29, 1.82) is 0 Å². The molecular formula is C19H23NO. The first-order valence-corrected chi connectivity index (χ1v) is 7.76. The average Bonchev–Trinajstić information content (AvgIpc) is 2.52. The molecule has 1 saturated heterocycles. The molecule has 3 rings (SSSR count). The van der Waals surface area contributed by atoms with Gasteiger partial charge in [0.2, 0.25) is 0 Å². The Balaban J connectivity index is 1.87. The highest BCUT2D eigenvalue weighted by molar-refractivity contribution is 5.23. The lowest BCUT2D eigenvalue weighted by Crippen LogP contribution is -2.56. The fourth-order valence-corrected chi connectivity index (χ4v) is 3.26. The summed E-state index contributed by atoms with van der Waals surface area (Å²) in [5.74, 6) is 0. The van der Waals surface area contributed by atoms with Gasteiger partial charge in [0.05, 0.1) is 5.60 Å². The molecule has 1 unspecified atom stereocenters. The summed E-state index contributed by atoms with van der Waals surface area (Å²) in [5.41, 5.74) is 8.80. The Labute approximate surface area is 126 Å². The molecule has 2 aromatic carbocycles. The van der Waals surface area contributed by atoms with Crippen LogP contribution < -0.4 is 5.73 Å². The van der Waals surface area contributed by atoms with Crippen molar-refractivity contribution in [1.82, 2.24) is 0 Å². The molecule has 1 aliphatic heterocycles. The van der Waals surface area contributed by atoms with Crippen molar-refractivity contribution in [2.75, 3.05) is 6.61 Å². The van der Waals surface area contributed by atoms with Gasteiger partial charge in [0.15, 0.2) is 0 Å². The summed E-state index contributed by atoms with van der Waals surface area (Å²) in [5, 5.41) is 0. The number of nitrogens with two attached hydrogens (primary N) is 1. The van der Waals surface area contributed by atoms with Crippen LogP contribution in [0.1, 0.15) is 24.0 Å². The van der Waals surface area contributed by atoms with Crippen molar-refractivity contribution < 1.29 is 4.74 Å². The molecule has 2 N–H and O–H groups in total. The minimum Gasteiger partial charge on any atom is -0.373 e. The third-order valence-corrected chi connectivity index (χ3v) is 4.42. The van der Waals surface area contributed by atoms with Gasteiger partial charge < -0.3 is 10.5 Å². The smallest absolute Gasteiger partial charge is 0.0912 e. The maximum atomic E-state index is 6.48. The Morgan fingerprint density at radius 3 is 1.90 bits per heavy atom. The van der Waals surface area contributed by atoms with E-state index in [0.717, 1.165) is 32.3 Å². The first kappa shape index (κ1) is 14.3. The van der Waals surface area contributed by atoms with Crippen LogP contribution in [0.2, 0.25) is 0 Å². The number of rotatable bonds is 4. The highest BCUT2D eigenvalue weighted by atomic mass is 16.5. The first-order valence-electron chi connectivity index (χ1n) is 7.76. The van der Waals surface area contributed by atoms with Crippen LogP contribution in [0.15, 0.2) is 60.7 Å². The van der Waals surface area contributed by atoms with Crippen LogP contribution >= 0.6 is 0 Å². The summed E-state index contributed by atoms with van der Waals surface area (Å²) >= 11 is 0. The van der Waals surface area contributed by atoms with Crippen LogP contribution in [0.3, 0.4) is 0 Å². The molecule has 21 heavy (non-hydrogen) atoms. The van der Waals surface area contributed by atoms with E-state index >= 15 is 0 Å². The van der Waals surface area contributed by atoms with E-state index in [2.05, 4.69) is 60.7 Å². The van der Waals surface area contributed by atoms with Crippen LogP contribution in [0.25, 0.3) is 0 Å². The zero-order chi connectivity index (χ0) is 14.5. The maximum absolute atomic E-state index is 6.48. The molecule has 1 fully saturated rings. The van der Waals surface area contributed by atoms with Gasteiger partial charge >= 0.3 is 0 Å². The summed E-state index contributed by atoms with van der Waals surface area (Å²) in [7, 11) is 0. The van der Waals surface area contributed by atoms with E-state index in [0.29, 0.717) is 0 Å². The second kappa shape index (κ2) is 6.42. The third kappa shape index (κ3) is 3.34. The highest BCUT2D eigenvalue weighted by Gasteiger charge is 2.40. The van der Waals surface area contributed by atoms with Crippen LogP contribution in [-0.2, 0) is 17.6 Å².